The molecule has 2 heterocycles. The number of ether oxygens (including phenoxy) is 3. The Bertz CT molecular complexity index is 1330. The van der Waals surface area contributed by atoms with Crippen LogP contribution in [0.25, 0.3) is 21.0 Å². The van der Waals surface area contributed by atoms with Crippen LogP contribution in [0, 0.1) is 0 Å². The number of fused-ring (bicyclic) bond motifs is 2. The van der Waals surface area contributed by atoms with Crippen molar-refractivity contribution < 1.29 is 19.0 Å². The van der Waals surface area contributed by atoms with Crippen molar-refractivity contribution in [1.29, 1.82) is 0 Å². The van der Waals surface area contributed by atoms with Crippen LogP contribution in [0.5, 0.6) is 11.5 Å². The lowest BCUT2D eigenvalue weighted by Gasteiger charge is -2.28. The molecule has 0 bridgehead atoms. The van der Waals surface area contributed by atoms with Gasteiger partial charge in [-0.15, -0.1) is 0 Å². The predicted molar refractivity (Wildman–Crippen MR) is 140 cm³/mol. The average Bonchev–Trinajstić information content (AvgIpc) is 3.33. The van der Waals surface area contributed by atoms with E-state index in [1.807, 2.05) is 54.6 Å². The van der Waals surface area contributed by atoms with Crippen LogP contribution < -0.4 is 14.4 Å². The Morgan fingerprint density at radius 3 is 2.57 bits per heavy atom. The molecule has 0 spiro atoms. The number of aromatic nitrogens is 1. The van der Waals surface area contributed by atoms with Gasteiger partial charge >= 0.3 is 0 Å². The fourth-order valence-corrected chi connectivity index (χ4v) is 5.42. The van der Waals surface area contributed by atoms with E-state index in [0.29, 0.717) is 23.0 Å². The maximum absolute atomic E-state index is 14.0. The van der Waals surface area contributed by atoms with Crippen LogP contribution in [-0.4, -0.2) is 69.4 Å². The molecule has 1 aliphatic heterocycles. The number of thiazole rings is 1. The highest BCUT2D eigenvalue weighted by Gasteiger charge is 2.25. The molecule has 0 unspecified atom stereocenters. The van der Waals surface area contributed by atoms with Gasteiger partial charge in [-0.3, -0.25) is 14.6 Å². The lowest BCUT2D eigenvalue weighted by Crippen LogP contribution is -2.39. The van der Waals surface area contributed by atoms with Crippen molar-refractivity contribution in [3.63, 3.8) is 0 Å². The van der Waals surface area contributed by atoms with E-state index in [1.54, 1.807) is 19.1 Å². The van der Waals surface area contributed by atoms with Crippen molar-refractivity contribution in [2.75, 3.05) is 58.5 Å². The summed E-state index contributed by atoms with van der Waals surface area (Å²) >= 11 is 1.50. The third-order valence-electron chi connectivity index (χ3n) is 6.32. The fourth-order valence-electron chi connectivity index (χ4n) is 4.40. The Kier molecular flexibility index (Phi) is 7.13. The summed E-state index contributed by atoms with van der Waals surface area (Å²) in [5.41, 5.74) is 1.39. The van der Waals surface area contributed by atoms with Crippen molar-refractivity contribution >= 4 is 43.4 Å². The molecular formula is C27H29N3O4S. The van der Waals surface area contributed by atoms with E-state index in [2.05, 4.69) is 4.90 Å². The zero-order valence-corrected chi connectivity index (χ0v) is 20.8. The van der Waals surface area contributed by atoms with Crippen LogP contribution in [0.4, 0.5) is 5.13 Å². The van der Waals surface area contributed by atoms with Crippen molar-refractivity contribution in [3.8, 4) is 11.5 Å². The summed E-state index contributed by atoms with van der Waals surface area (Å²) in [4.78, 5) is 23.0. The molecule has 0 saturated carbocycles. The number of hydrogen-bond acceptors (Lipinski definition) is 7. The smallest absolute Gasteiger partial charge is 0.263 e. The summed E-state index contributed by atoms with van der Waals surface area (Å²) in [6, 6.07) is 17.6. The normalized spacial score (nSPS) is 14.3. The first kappa shape index (κ1) is 23.5. The number of anilines is 1. The number of carbonyl (C=O) groups excluding carboxylic acids is 1. The number of morpholine rings is 1. The SMILES string of the molecule is COc1ccc2nc(N(CCCN3CCOCC3)C(=O)c3cc4ccccc4cc3OC)sc2c1. The first-order valence-corrected chi connectivity index (χ1v) is 12.6. The van der Waals surface area contributed by atoms with Crippen LogP contribution in [0.2, 0.25) is 0 Å². The van der Waals surface area contributed by atoms with Crippen LogP contribution in [0.3, 0.4) is 0 Å². The van der Waals surface area contributed by atoms with Gasteiger partial charge in [-0.05, 0) is 47.5 Å². The predicted octanol–water partition coefficient (Wildman–Crippen LogP) is 4.84. The molecular weight excluding hydrogens is 462 g/mol. The quantitative estimate of drug-likeness (QED) is 0.352. The van der Waals surface area contributed by atoms with Crippen LogP contribution >= 0.6 is 11.3 Å². The molecule has 35 heavy (non-hydrogen) atoms. The van der Waals surface area contributed by atoms with Gasteiger partial charge in [0.25, 0.3) is 5.91 Å². The van der Waals surface area contributed by atoms with Gasteiger partial charge in [0.1, 0.15) is 11.5 Å². The molecule has 1 amide bonds. The molecule has 8 heteroatoms. The molecule has 0 atom stereocenters. The number of amides is 1. The topological polar surface area (TPSA) is 64.1 Å². The Hall–Kier alpha value is -3.20. The van der Waals surface area contributed by atoms with Gasteiger partial charge in [-0.1, -0.05) is 35.6 Å². The van der Waals surface area contributed by atoms with E-state index in [1.165, 1.54) is 11.3 Å². The highest BCUT2D eigenvalue weighted by atomic mass is 32.1. The second kappa shape index (κ2) is 10.6. The van der Waals surface area contributed by atoms with Gasteiger partial charge in [0.2, 0.25) is 0 Å². The van der Waals surface area contributed by atoms with E-state index < -0.39 is 0 Å². The van der Waals surface area contributed by atoms with Crippen molar-refractivity contribution in [2.24, 2.45) is 0 Å². The summed E-state index contributed by atoms with van der Waals surface area (Å²) < 4.78 is 17.5. The van der Waals surface area contributed by atoms with Gasteiger partial charge in [0, 0.05) is 26.2 Å². The molecule has 1 aliphatic rings. The minimum Gasteiger partial charge on any atom is -0.497 e. The second-order valence-electron chi connectivity index (χ2n) is 8.49. The minimum absolute atomic E-state index is 0.111. The first-order valence-electron chi connectivity index (χ1n) is 11.8. The molecule has 0 aliphatic carbocycles. The molecule has 1 aromatic heterocycles. The van der Waals surface area contributed by atoms with Gasteiger partial charge < -0.3 is 14.2 Å². The van der Waals surface area contributed by atoms with E-state index in [-0.39, 0.29) is 5.91 Å². The first-order chi connectivity index (χ1) is 17.2. The maximum atomic E-state index is 14.0. The largest absolute Gasteiger partial charge is 0.497 e. The molecule has 1 fully saturated rings. The maximum Gasteiger partial charge on any atom is 0.263 e. The molecule has 5 rings (SSSR count). The molecule has 4 aromatic rings. The number of rotatable bonds is 8. The van der Waals surface area contributed by atoms with Gasteiger partial charge in [-0.25, -0.2) is 4.98 Å². The summed E-state index contributed by atoms with van der Waals surface area (Å²) in [5, 5.41) is 2.71. The number of methoxy groups -OCH3 is 2. The summed E-state index contributed by atoms with van der Waals surface area (Å²) in [5.74, 6) is 1.23. The van der Waals surface area contributed by atoms with Crippen LogP contribution in [0.15, 0.2) is 54.6 Å². The second-order valence-corrected chi connectivity index (χ2v) is 9.50. The molecule has 7 nitrogen and oxygen atoms in total. The summed E-state index contributed by atoms with van der Waals surface area (Å²) in [7, 11) is 3.25. The molecule has 182 valence electrons. The lowest BCUT2D eigenvalue weighted by atomic mass is 10.0. The summed E-state index contributed by atoms with van der Waals surface area (Å²) in [6.45, 7) is 4.83. The monoisotopic (exact) mass is 491 g/mol. The Labute approximate surface area is 208 Å². The van der Waals surface area contributed by atoms with Crippen LogP contribution in [0.1, 0.15) is 16.8 Å². The lowest BCUT2D eigenvalue weighted by molar-refractivity contribution is 0.0376. The Morgan fingerprint density at radius 1 is 1.06 bits per heavy atom. The van der Waals surface area contributed by atoms with E-state index in [0.717, 1.165) is 66.0 Å². The molecule has 1 saturated heterocycles. The van der Waals surface area contributed by atoms with Crippen LogP contribution in [-0.2, 0) is 4.74 Å². The third-order valence-corrected chi connectivity index (χ3v) is 7.36. The Morgan fingerprint density at radius 2 is 1.83 bits per heavy atom. The van der Waals surface area contributed by atoms with Crippen molar-refractivity contribution in [1.82, 2.24) is 9.88 Å². The highest BCUT2D eigenvalue weighted by molar-refractivity contribution is 7.22. The zero-order chi connectivity index (χ0) is 24.2. The van der Waals surface area contributed by atoms with E-state index >= 15 is 0 Å². The summed E-state index contributed by atoms with van der Waals surface area (Å²) in [6.07, 6.45) is 0.834. The number of benzene rings is 3. The fraction of sp³-hybridized carbons (Fsp3) is 0.333. The van der Waals surface area contributed by atoms with Gasteiger partial charge in [0.15, 0.2) is 5.13 Å². The number of nitrogens with zero attached hydrogens (tertiary/aromatic N) is 3. The average molecular weight is 492 g/mol. The number of carbonyl (C=O) groups is 1. The zero-order valence-electron chi connectivity index (χ0n) is 20.0. The van der Waals surface area contributed by atoms with Gasteiger partial charge in [0.05, 0.1) is 43.2 Å². The highest BCUT2D eigenvalue weighted by Crippen LogP contribution is 2.34. The third kappa shape index (κ3) is 5.10. The minimum atomic E-state index is -0.111. The number of hydrogen-bond donors (Lipinski definition) is 0. The standard InChI is InChI=1S/C27H29N3O4S/c1-32-21-8-9-23-25(18-21)35-27(28-23)30(11-5-10-29-12-14-34-15-13-29)26(31)22-16-19-6-3-4-7-20(19)17-24(22)33-2/h3-4,6-9,16-18H,5,10-15H2,1-2H3. The van der Waals surface area contributed by atoms with Crippen molar-refractivity contribution in [3.05, 3.63) is 60.2 Å². The molecule has 0 radical (unpaired) electrons. The van der Waals surface area contributed by atoms with Gasteiger partial charge in [-0.2, -0.15) is 0 Å². The molecule has 0 N–H and O–H groups in total. The van der Waals surface area contributed by atoms with E-state index in [9.17, 15) is 4.79 Å². The molecule has 3 aromatic carbocycles. The van der Waals surface area contributed by atoms with E-state index in [4.69, 9.17) is 19.2 Å². The van der Waals surface area contributed by atoms with Crippen molar-refractivity contribution in [2.45, 2.75) is 6.42 Å². The Balaban J connectivity index is 1.48.